The van der Waals surface area contributed by atoms with Crippen molar-refractivity contribution >= 4 is 33.5 Å². The molecule has 0 aromatic carbocycles. The molecule has 1 fully saturated rings. The van der Waals surface area contributed by atoms with E-state index in [0.29, 0.717) is 5.92 Å². The van der Waals surface area contributed by atoms with Crippen molar-refractivity contribution in [1.82, 2.24) is 10.3 Å². The van der Waals surface area contributed by atoms with Gasteiger partial charge in [0.2, 0.25) is 0 Å². The number of halogens is 1. The summed E-state index contributed by atoms with van der Waals surface area (Å²) in [4.78, 5) is 7.16. The van der Waals surface area contributed by atoms with Crippen molar-refractivity contribution in [2.45, 2.75) is 39.0 Å². The van der Waals surface area contributed by atoms with Gasteiger partial charge in [0, 0.05) is 46.9 Å². The fourth-order valence-electron chi connectivity index (χ4n) is 2.54. The molecule has 1 aromatic rings. The van der Waals surface area contributed by atoms with Crippen molar-refractivity contribution < 1.29 is 0 Å². The van der Waals surface area contributed by atoms with Gasteiger partial charge in [0.15, 0.2) is 0 Å². The molecule has 1 aromatic heterocycles. The SMILES string of the molecule is CCC1CN(c2ncc(Br)cc2CNCC(C)C)CCS1. The standard InChI is InChI=1S/C16H26BrN3S/c1-4-15-11-20(5-6-21-15)16-13(7-14(17)10-19-16)9-18-8-12(2)3/h7,10,12,15,18H,4-6,8-9,11H2,1-3H3. The minimum absolute atomic E-state index is 0.671. The van der Waals surface area contributed by atoms with Gasteiger partial charge < -0.3 is 10.2 Å². The first kappa shape index (κ1) is 17.1. The maximum atomic E-state index is 4.70. The van der Waals surface area contributed by atoms with Crippen molar-refractivity contribution in [2.24, 2.45) is 5.92 Å². The predicted octanol–water partition coefficient (Wildman–Crippen LogP) is 3.92. The average molecular weight is 372 g/mol. The number of anilines is 1. The average Bonchev–Trinajstić information content (AvgIpc) is 2.47. The van der Waals surface area contributed by atoms with Crippen molar-refractivity contribution in [2.75, 3.05) is 30.3 Å². The van der Waals surface area contributed by atoms with E-state index in [-0.39, 0.29) is 0 Å². The number of pyridine rings is 1. The Morgan fingerprint density at radius 3 is 3.05 bits per heavy atom. The summed E-state index contributed by atoms with van der Waals surface area (Å²) < 4.78 is 1.06. The molecule has 1 atom stereocenters. The van der Waals surface area contributed by atoms with Crippen molar-refractivity contribution in [3.05, 3.63) is 22.3 Å². The Kier molecular flexibility index (Phi) is 6.83. The Bertz CT molecular complexity index is 453. The Hall–Kier alpha value is -0.260. The van der Waals surface area contributed by atoms with Gasteiger partial charge in [0.25, 0.3) is 0 Å². The number of hydrogen-bond donors (Lipinski definition) is 1. The molecule has 2 heterocycles. The van der Waals surface area contributed by atoms with Crippen molar-refractivity contribution in [1.29, 1.82) is 0 Å². The molecule has 0 saturated carbocycles. The lowest BCUT2D eigenvalue weighted by Gasteiger charge is -2.34. The van der Waals surface area contributed by atoms with E-state index in [1.165, 1.54) is 17.7 Å². The lowest BCUT2D eigenvalue weighted by molar-refractivity contribution is 0.551. The number of nitrogens with one attached hydrogen (secondary N) is 1. The van der Waals surface area contributed by atoms with Crippen LogP contribution in [0, 0.1) is 5.92 Å². The largest absolute Gasteiger partial charge is 0.354 e. The normalized spacial score (nSPS) is 19.3. The van der Waals surface area contributed by atoms with Gasteiger partial charge in [-0.15, -0.1) is 0 Å². The molecule has 1 N–H and O–H groups in total. The minimum Gasteiger partial charge on any atom is -0.354 e. The van der Waals surface area contributed by atoms with Crippen LogP contribution in [0.2, 0.25) is 0 Å². The number of hydrogen-bond acceptors (Lipinski definition) is 4. The van der Waals surface area contributed by atoms with Crippen LogP contribution in [-0.4, -0.2) is 35.6 Å². The molecular weight excluding hydrogens is 346 g/mol. The van der Waals surface area contributed by atoms with Crippen LogP contribution in [0.4, 0.5) is 5.82 Å². The lowest BCUT2D eigenvalue weighted by atomic mass is 10.2. The van der Waals surface area contributed by atoms with Gasteiger partial charge in [-0.05, 0) is 40.9 Å². The highest BCUT2D eigenvalue weighted by Crippen LogP contribution is 2.28. The predicted molar refractivity (Wildman–Crippen MR) is 97.2 cm³/mol. The van der Waals surface area contributed by atoms with E-state index in [4.69, 9.17) is 4.98 Å². The van der Waals surface area contributed by atoms with E-state index in [2.05, 4.69) is 64.7 Å². The highest BCUT2D eigenvalue weighted by atomic mass is 79.9. The van der Waals surface area contributed by atoms with Gasteiger partial charge in [-0.2, -0.15) is 11.8 Å². The summed E-state index contributed by atoms with van der Waals surface area (Å²) in [7, 11) is 0. The molecule has 118 valence electrons. The zero-order chi connectivity index (χ0) is 15.2. The van der Waals surface area contributed by atoms with Gasteiger partial charge in [-0.1, -0.05) is 20.8 Å². The fourth-order valence-corrected chi connectivity index (χ4v) is 4.10. The monoisotopic (exact) mass is 371 g/mol. The summed E-state index contributed by atoms with van der Waals surface area (Å²) in [5.41, 5.74) is 1.30. The molecule has 1 aliphatic heterocycles. The topological polar surface area (TPSA) is 28.2 Å². The molecule has 0 bridgehead atoms. The molecule has 1 saturated heterocycles. The van der Waals surface area contributed by atoms with Gasteiger partial charge in [-0.25, -0.2) is 4.98 Å². The maximum absolute atomic E-state index is 4.70. The van der Waals surface area contributed by atoms with E-state index in [9.17, 15) is 0 Å². The molecule has 3 nitrogen and oxygen atoms in total. The van der Waals surface area contributed by atoms with Gasteiger partial charge in [0.05, 0.1) is 0 Å². The number of rotatable bonds is 6. The molecule has 0 amide bonds. The Labute approximate surface area is 141 Å². The van der Waals surface area contributed by atoms with Crippen LogP contribution in [0.3, 0.4) is 0 Å². The van der Waals surface area contributed by atoms with Gasteiger partial charge >= 0.3 is 0 Å². The number of thioether (sulfide) groups is 1. The van der Waals surface area contributed by atoms with Crippen LogP contribution in [0.15, 0.2) is 16.7 Å². The summed E-state index contributed by atoms with van der Waals surface area (Å²) in [5, 5.41) is 4.28. The summed E-state index contributed by atoms with van der Waals surface area (Å²) in [6.07, 6.45) is 3.16. The Balaban J connectivity index is 2.10. The number of aromatic nitrogens is 1. The third-order valence-corrected chi connectivity index (χ3v) is 5.48. The maximum Gasteiger partial charge on any atom is 0.133 e. The Morgan fingerprint density at radius 2 is 2.33 bits per heavy atom. The number of nitrogens with zero attached hydrogens (tertiary/aromatic N) is 2. The van der Waals surface area contributed by atoms with Crippen molar-refractivity contribution in [3.8, 4) is 0 Å². The zero-order valence-corrected chi connectivity index (χ0v) is 15.6. The first-order valence-corrected chi connectivity index (χ1v) is 9.66. The van der Waals surface area contributed by atoms with E-state index >= 15 is 0 Å². The second-order valence-corrected chi connectivity index (χ2v) is 8.33. The summed E-state index contributed by atoms with van der Waals surface area (Å²) >= 11 is 5.65. The van der Waals surface area contributed by atoms with Crippen LogP contribution in [-0.2, 0) is 6.54 Å². The third-order valence-electron chi connectivity index (χ3n) is 3.67. The molecule has 0 aliphatic carbocycles. The van der Waals surface area contributed by atoms with Crippen molar-refractivity contribution in [3.63, 3.8) is 0 Å². The molecule has 2 rings (SSSR count). The first-order valence-electron chi connectivity index (χ1n) is 7.81. The Morgan fingerprint density at radius 1 is 1.52 bits per heavy atom. The van der Waals surface area contributed by atoms with E-state index in [1.54, 1.807) is 0 Å². The van der Waals surface area contributed by atoms with E-state index in [0.717, 1.165) is 41.7 Å². The fraction of sp³-hybridized carbons (Fsp3) is 0.688. The van der Waals surface area contributed by atoms with E-state index in [1.807, 2.05) is 6.20 Å². The smallest absolute Gasteiger partial charge is 0.133 e. The molecule has 0 spiro atoms. The summed E-state index contributed by atoms with van der Waals surface area (Å²) in [6.45, 7) is 10.9. The quantitative estimate of drug-likeness (QED) is 0.819. The van der Waals surface area contributed by atoms with Crippen LogP contribution >= 0.6 is 27.7 Å². The summed E-state index contributed by atoms with van der Waals surface area (Å²) in [5.74, 6) is 3.03. The first-order chi connectivity index (χ1) is 10.1. The third kappa shape index (κ3) is 5.15. The molecule has 1 unspecified atom stereocenters. The van der Waals surface area contributed by atoms with Gasteiger partial charge in [0.1, 0.15) is 5.82 Å². The molecular formula is C16H26BrN3S. The second-order valence-electron chi connectivity index (χ2n) is 6.01. The second kappa shape index (κ2) is 8.39. The van der Waals surface area contributed by atoms with Crippen LogP contribution < -0.4 is 10.2 Å². The highest BCUT2D eigenvalue weighted by molar-refractivity contribution is 9.10. The molecule has 21 heavy (non-hydrogen) atoms. The van der Waals surface area contributed by atoms with Crippen LogP contribution in [0.1, 0.15) is 32.8 Å². The zero-order valence-electron chi connectivity index (χ0n) is 13.2. The lowest BCUT2D eigenvalue weighted by Crippen LogP contribution is -2.39. The molecule has 1 aliphatic rings. The van der Waals surface area contributed by atoms with Crippen LogP contribution in [0.25, 0.3) is 0 Å². The molecule has 5 heteroatoms. The molecule has 0 radical (unpaired) electrons. The van der Waals surface area contributed by atoms with Crippen LogP contribution in [0.5, 0.6) is 0 Å². The summed E-state index contributed by atoms with van der Waals surface area (Å²) in [6, 6.07) is 2.21. The van der Waals surface area contributed by atoms with E-state index < -0.39 is 0 Å². The van der Waals surface area contributed by atoms with Gasteiger partial charge in [-0.3, -0.25) is 0 Å². The minimum atomic E-state index is 0.671. The highest BCUT2D eigenvalue weighted by Gasteiger charge is 2.22.